The maximum absolute atomic E-state index is 6.38. The number of ether oxygens (including phenoxy) is 1. The molecule has 0 saturated carbocycles. The van der Waals surface area contributed by atoms with E-state index in [9.17, 15) is 0 Å². The molecule has 0 unspecified atom stereocenters. The Balaban J connectivity index is 1.46. The molecular formula is C43H51BN2O3. The third-order valence-corrected chi connectivity index (χ3v) is 10.8. The van der Waals surface area contributed by atoms with E-state index in [0.717, 1.165) is 48.4 Å². The summed E-state index contributed by atoms with van der Waals surface area (Å²) in [5.74, 6) is 1.82. The molecule has 0 bridgehead atoms. The molecule has 4 aromatic carbocycles. The fourth-order valence-electron chi connectivity index (χ4n) is 6.93. The van der Waals surface area contributed by atoms with Crippen LogP contribution in [0.1, 0.15) is 88.7 Å². The van der Waals surface area contributed by atoms with Crippen molar-refractivity contribution in [2.75, 3.05) is 7.11 Å². The molecule has 1 aliphatic heterocycles. The standard InChI is InChI=1S/C43H51BN2O3/c1-9-40(2,3)30-36-31-46(43(33-19-13-10-14-20-33,34-21-15-11-16-22-34)35-23-17-12-18-24-35)39(45-36)28-26-32-25-27-37(38(29-32)47-8)44-48-41(4,5)42(6,7)49-44/h10-25,27,29,31H,9,26,28,30H2,1-8H3. The zero-order valence-electron chi connectivity index (χ0n) is 30.5. The summed E-state index contributed by atoms with van der Waals surface area (Å²) in [6.07, 6.45) is 5.84. The quantitative estimate of drug-likeness (QED) is 0.0997. The van der Waals surface area contributed by atoms with Crippen LogP contribution in [-0.4, -0.2) is 35.0 Å². The Hall–Kier alpha value is -4.13. The van der Waals surface area contributed by atoms with Crippen LogP contribution < -0.4 is 10.2 Å². The largest absolute Gasteiger partial charge is 0.498 e. The van der Waals surface area contributed by atoms with Crippen molar-refractivity contribution in [3.63, 3.8) is 0 Å². The van der Waals surface area contributed by atoms with E-state index in [-0.39, 0.29) is 5.41 Å². The van der Waals surface area contributed by atoms with Crippen molar-refractivity contribution in [1.82, 2.24) is 9.55 Å². The second-order valence-electron chi connectivity index (χ2n) is 15.2. The molecule has 2 heterocycles. The van der Waals surface area contributed by atoms with Gasteiger partial charge in [-0.05, 0) is 74.3 Å². The summed E-state index contributed by atoms with van der Waals surface area (Å²) < 4.78 is 21.1. The lowest BCUT2D eigenvalue weighted by Crippen LogP contribution is -2.41. The molecule has 1 saturated heterocycles. The van der Waals surface area contributed by atoms with Gasteiger partial charge in [-0.2, -0.15) is 0 Å². The Bertz CT molecular complexity index is 1740. The summed E-state index contributed by atoms with van der Waals surface area (Å²) in [6, 6.07) is 39.0. The van der Waals surface area contributed by atoms with Crippen molar-refractivity contribution in [2.45, 2.75) is 90.9 Å². The highest BCUT2D eigenvalue weighted by molar-refractivity contribution is 6.63. The van der Waals surface area contributed by atoms with Gasteiger partial charge in [0.15, 0.2) is 0 Å². The van der Waals surface area contributed by atoms with E-state index < -0.39 is 23.9 Å². The number of hydrogen-bond donors (Lipinski definition) is 0. The Labute approximate surface area is 293 Å². The van der Waals surface area contributed by atoms with Gasteiger partial charge in [-0.3, -0.25) is 0 Å². The fourth-order valence-corrected chi connectivity index (χ4v) is 6.93. The second kappa shape index (κ2) is 13.6. The minimum absolute atomic E-state index is 0.127. The first-order valence-corrected chi connectivity index (χ1v) is 17.7. The highest BCUT2D eigenvalue weighted by Crippen LogP contribution is 2.43. The van der Waals surface area contributed by atoms with E-state index in [1.165, 1.54) is 22.3 Å². The first-order chi connectivity index (χ1) is 23.4. The van der Waals surface area contributed by atoms with Crippen LogP contribution >= 0.6 is 0 Å². The highest BCUT2D eigenvalue weighted by atomic mass is 16.7. The summed E-state index contributed by atoms with van der Waals surface area (Å²) in [6.45, 7) is 15.2. The molecule has 1 aromatic heterocycles. The first kappa shape index (κ1) is 34.7. The first-order valence-electron chi connectivity index (χ1n) is 17.7. The van der Waals surface area contributed by atoms with Crippen molar-refractivity contribution < 1.29 is 14.0 Å². The van der Waals surface area contributed by atoms with E-state index in [1.807, 2.05) is 0 Å². The molecule has 5 aromatic rings. The molecule has 0 aliphatic carbocycles. The van der Waals surface area contributed by atoms with E-state index in [2.05, 4.69) is 168 Å². The van der Waals surface area contributed by atoms with Crippen LogP contribution in [0.15, 0.2) is 115 Å². The van der Waals surface area contributed by atoms with Gasteiger partial charge in [-0.15, -0.1) is 0 Å². The van der Waals surface area contributed by atoms with Crippen molar-refractivity contribution in [3.8, 4) is 5.75 Å². The van der Waals surface area contributed by atoms with Gasteiger partial charge in [0, 0.05) is 18.1 Å². The topological polar surface area (TPSA) is 45.5 Å². The van der Waals surface area contributed by atoms with Crippen LogP contribution in [0, 0.1) is 5.41 Å². The summed E-state index contributed by atoms with van der Waals surface area (Å²) >= 11 is 0. The van der Waals surface area contributed by atoms with Gasteiger partial charge in [-0.25, -0.2) is 4.98 Å². The summed E-state index contributed by atoms with van der Waals surface area (Å²) in [7, 11) is 1.23. The average Bonchev–Trinajstić information content (AvgIpc) is 3.59. The number of nitrogens with zero attached hydrogens (tertiary/aromatic N) is 2. The Morgan fingerprint density at radius 3 is 1.71 bits per heavy atom. The summed E-state index contributed by atoms with van der Waals surface area (Å²) in [5, 5.41) is 0. The van der Waals surface area contributed by atoms with Crippen LogP contribution in [0.3, 0.4) is 0 Å². The van der Waals surface area contributed by atoms with Crippen LogP contribution in [0.2, 0.25) is 0 Å². The molecule has 0 atom stereocenters. The zero-order chi connectivity index (χ0) is 34.9. The maximum Gasteiger partial charge on any atom is 0.498 e. The van der Waals surface area contributed by atoms with Gasteiger partial charge >= 0.3 is 7.12 Å². The second-order valence-corrected chi connectivity index (χ2v) is 15.2. The molecule has 254 valence electrons. The molecule has 49 heavy (non-hydrogen) atoms. The Morgan fingerprint density at radius 1 is 0.735 bits per heavy atom. The van der Waals surface area contributed by atoms with E-state index in [0.29, 0.717) is 0 Å². The zero-order valence-corrected chi connectivity index (χ0v) is 30.5. The average molecular weight is 655 g/mol. The smallest absolute Gasteiger partial charge is 0.497 e. The third-order valence-electron chi connectivity index (χ3n) is 10.8. The predicted octanol–water partition coefficient (Wildman–Crippen LogP) is 8.80. The van der Waals surface area contributed by atoms with Crippen LogP contribution in [-0.2, 0) is 34.1 Å². The highest BCUT2D eigenvalue weighted by Gasteiger charge is 2.52. The van der Waals surface area contributed by atoms with Gasteiger partial charge < -0.3 is 18.6 Å². The number of imidazole rings is 1. The molecule has 1 fully saturated rings. The molecule has 1 aliphatic rings. The number of benzene rings is 4. The summed E-state index contributed by atoms with van der Waals surface area (Å²) in [5.41, 5.74) is 5.43. The van der Waals surface area contributed by atoms with Gasteiger partial charge in [0.2, 0.25) is 0 Å². The minimum atomic E-state index is -0.626. The van der Waals surface area contributed by atoms with E-state index in [1.54, 1.807) is 7.11 Å². The minimum Gasteiger partial charge on any atom is -0.497 e. The van der Waals surface area contributed by atoms with Crippen LogP contribution in [0.4, 0.5) is 0 Å². The number of methoxy groups -OCH3 is 1. The SMILES string of the molecule is CCC(C)(C)Cc1cn(C(c2ccccc2)(c2ccccc2)c2ccccc2)c(CCc2ccc(B3OC(C)(C)C(C)(C)O3)c(OC)c2)n1. The van der Waals surface area contributed by atoms with Crippen molar-refractivity contribution >= 4 is 12.6 Å². The number of aryl methyl sites for hydroxylation is 2. The molecule has 6 heteroatoms. The number of rotatable bonds is 12. The lowest BCUT2D eigenvalue weighted by Gasteiger charge is -2.38. The Kier molecular flexibility index (Phi) is 9.67. The maximum atomic E-state index is 6.38. The van der Waals surface area contributed by atoms with E-state index in [4.69, 9.17) is 19.0 Å². The third kappa shape index (κ3) is 6.74. The molecule has 0 radical (unpaired) electrons. The number of hydrogen-bond acceptors (Lipinski definition) is 4. The van der Waals surface area contributed by atoms with Gasteiger partial charge in [0.05, 0.1) is 24.0 Å². The fraction of sp³-hybridized carbons (Fsp3) is 0.372. The molecular weight excluding hydrogens is 603 g/mol. The van der Waals surface area contributed by atoms with Crippen molar-refractivity contribution in [2.24, 2.45) is 5.41 Å². The van der Waals surface area contributed by atoms with Gasteiger partial charge in [0.1, 0.15) is 17.1 Å². The molecule has 0 N–H and O–H groups in total. The van der Waals surface area contributed by atoms with Crippen LogP contribution in [0.5, 0.6) is 5.75 Å². The van der Waals surface area contributed by atoms with Crippen molar-refractivity contribution in [3.05, 3.63) is 149 Å². The van der Waals surface area contributed by atoms with Gasteiger partial charge in [-0.1, -0.05) is 130 Å². The van der Waals surface area contributed by atoms with Gasteiger partial charge in [0.25, 0.3) is 0 Å². The van der Waals surface area contributed by atoms with E-state index >= 15 is 0 Å². The lowest BCUT2D eigenvalue weighted by atomic mass is 9.76. The van der Waals surface area contributed by atoms with Crippen molar-refractivity contribution in [1.29, 1.82) is 0 Å². The summed E-state index contributed by atoms with van der Waals surface area (Å²) in [4.78, 5) is 5.45. The van der Waals surface area contributed by atoms with Crippen LogP contribution in [0.25, 0.3) is 0 Å². The normalized spacial score (nSPS) is 15.8. The monoisotopic (exact) mass is 654 g/mol. The molecule has 6 rings (SSSR count). The molecule has 0 spiro atoms. The Morgan fingerprint density at radius 2 is 1.24 bits per heavy atom. The number of aromatic nitrogens is 2. The molecule has 5 nitrogen and oxygen atoms in total. The molecule has 0 amide bonds. The lowest BCUT2D eigenvalue weighted by molar-refractivity contribution is 0.00578. The predicted molar refractivity (Wildman–Crippen MR) is 201 cm³/mol.